The van der Waals surface area contributed by atoms with Gasteiger partial charge in [-0.15, -0.1) is 12.3 Å². The van der Waals surface area contributed by atoms with Crippen LogP contribution in [-0.2, 0) is 14.3 Å². The van der Waals surface area contributed by atoms with Crippen molar-refractivity contribution in [1.82, 2.24) is 10.6 Å². The van der Waals surface area contributed by atoms with E-state index < -0.39 is 30.4 Å². The van der Waals surface area contributed by atoms with Gasteiger partial charge in [0.25, 0.3) is 0 Å². The Kier molecular flexibility index (Phi) is 7.87. The van der Waals surface area contributed by atoms with Gasteiger partial charge in [0.1, 0.15) is 12.6 Å². The molecule has 0 aromatic heterocycles. The van der Waals surface area contributed by atoms with E-state index in [9.17, 15) is 14.4 Å². The molecule has 2 aromatic rings. The number of hydrogen-bond donors (Lipinski definition) is 3. The largest absolute Gasteiger partial charge is 0.481 e. The molecular weight excluding hydrogens is 408 g/mol. The number of fused-ring (bicyclic) bond motifs is 3. The predicted molar refractivity (Wildman–Crippen MR) is 120 cm³/mol. The van der Waals surface area contributed by atoms with Crippen LogP contribution in [0.5, 0.6) is 0 Å². The molecule has 1 atom stereocenters. The number of benzene rings is 2. The number of carboxylic acids is 1. The number of carbonyl (C=O) groups is 3. The fourth-order valence-corrected chi connectivity index (χ4v) is 3.85. The standard InChI is InChI=1S/C25H26N2O5/c1-2-3-4-9-14-26-24(30)22(15-23(28)29)27-25(31)32-16-21-19-12-7-5-10-17(19)18-11-6-8-13-20(18)21/h1,5-8,10-13,21-22H,3-4,9,14-16H2,(H,26,30)(H,27,31)(H,28,29). The molecular formula is C25H26N2O5. The third-order valence-electron chi connectivity index (χ3n) is 5.38. The van der Waals surface area contributed by atoms with E-state index in [0.717, 1.165) is 28.7 Å². The highest BCUT2D eigenvalue weighted by molar-refractivity contribution is 5.89. The zero-order valence-electron chi connectivity index (χ0n) is 17.7. The summed E-state index contributed by atoms with van der Waals surface area (Å²) in [5.74, 6) is 0.622. The maximum Gasteiger partial charge on any atom is 0.407 e. The lowest BCUT2D eigenvalue weighted by Crippen LogP contribution is -2.48. The molecule has 3 N–H and O–H groups in total. The molecule has 1 aliphatic carbocycles. The molecule has 7 nitrogen and oxygen atoms in total. The van der Waals surface area contributed by atoms with Crippen molar-refractivity contribution in [3.05, 3.63) is 59.7 Å². The molecule has 32 heavy (non-hydrogen) atoms. The third-order valence-corrected chi connectivity index (χ3v) is 5.38. The summed E-state index contributed by atoms with van der Waals surface area (Å²) >= 11 is 0. The first-order chi connectivity index (χ1) is 15.5. The molecule has 2 amide bonds. The molecule has 1 unspecified atom stereocenters. The molecule has 0 saturated carbocycles. The van der Waals surface area contributed by atoms with Crippen molar-refractivity contribution in [3.8, 4) is 23.5 Å². The molecule has 0 saturated heterocycles. The van der Waals surface area contributed by atoms with Crippen molar-refractivity contribution in [3.63, 3.8) is 0 Å². The Hall–Kier alpha value is -3.79. The number of nitrogens with one attached hydrogen (secondary N) is 2. The SMILES string of the molecule is C#CCCCCNC(=O)C(CC(=O)O)NC(=O)OCC1c2ccccc2-c2ccccc21. The van der Waals surface area contributed by atoms with Gasteiger partial charge in [-0.25, -0.2) is 4.79 Å². The molecule has 0 spiro atoms. The minimum Gasteiger partial charge on any atom is -0.481 e. The second-order valence-electron chi connectivity index (χ2n) is 7.57. The Morgan fingerprint density at radius 1 is 1.03 bits per heavy atom. The quantitative estimate of drug-likeness (QED) is 0.393. The highest BCUT2D eigenvalue weighted by Gasteiger charge is 2.30. The molecule has 0 bridgehead atoms. The molecule has 0 fully saturated rings. The van der Waals surface area contributed by atoms with Crippen LogP contribution in [0.2, 0.25) is 0 Å². The second-order valence-corrected chi connectivity index (χ2v) is 7.57. The molecule has 1 aliphatic rings. The number of unbranched alkanes of at least 4 members (excludes halogenated alkanes) is 2. The van der Waals surface area contributed by atoms with Crippen LogP contribution in [-0.4, -0.2) is 42.3 Å². The lowest BCUT2D eigenvalue weighted by Gasteiger charge is -2.18. The molecule has 2 aromatic carbocycles. The Bertz CT molecular complexity index is 981. The Balaban J connectivity index is 1.59. The average molecular weight is 434 g/mol. The van der Waals surface area contributed by atoms with Crippen molar-refractivity contribution >= 4 is 18.0 Å². The topological polar surface area (TPSA) is 105 Å². The molecule has 0 aliphatic heterocycles. The maximum atomic E-state index is 12.4. The van der Waals surface area contributed by atoms with E-state index in [-0.39, 0.29) is 12.5 Å². The highest BCUT2D eigenvalue weighted by Crippen LogP contribution is 2.44. The lowest BCUT2D eigenvalue weighted by molar-refractivity contribution is -0.139. The molecule has 166 valence electrons. The van der Waals surface area contributed by atoms with Crippen LogP contribution in [0, 0.1) is 12.3 Å². The van der Waals surface area contributed by atoms with Gasteiger partial charge in [0.15, 0.2) is 0 Å². The van der Waals surface area contributed by atoms with E-state index in [1.54, 1.807) is 0 Å². The van der Waals surface area contributed by atoms with Crippen LogP contribution in [0.4, 0.5) is 4.79 Å². The first-order valence-corrected chi connectivity index (χ1v) is 10.6. The van der Waals surface area contributed by atoms with Gasteiger partial charge in [0.2, 0.25) is 5.91 Å². The molecule has 0 heterocycles. The van der Waals surface area contributed by atoms with Gasteiger partial charge in [-0.05, 0) is 35.1 Å². The van der Waals surface area contributed by atoms with Crippen molar-refractivity contribution in [2.45, 2.75) is 37.6 Å². The first-order valence-electron chi connectivity index (χ1n) is 10.6. The predicted octanol–water partition coefficient (Wildman–Crippen LogP) is 3.29. The van der Waals surface area contributed by atoms with Crippen LogP contribution in [0.25, 0.3) is 11.1 Å². The number of carbonyl (C=O) groups excluding carboxylic acids is 2. The number of carboxylic acid groups (broad SMARTS) is 1. The number of alkyl carbamates (subject to hydrolysis) is 1. The third kappa shape index (κ3) is 5.67. The van der Waals surface area contributed by atoms with Crippen LogP contribution < -0.4 is 10.6 Å². The fourth-order valence-electron chi connectivity index (χ4n) is 3.85. The normalized spacial score (nSPS) is 12.7. The number of ether oxygens (including phenoxy) is 1. The van der Waals surface area contributed by atoms with Gasteiger partial charge in [-0.2, -0.15) is 0 Å². The smallest absolute Gasteiger partial charge is 0.407 e. The summed E-state index contributed by atoms with van der Waals surface area (Å²) in [6, 6.07) is 14.7. The van der Waals surface area contributed by atoms with Crippen LogP contribution in [0.15, 0.2) is 48.5 Å². The van der Waals surface area contributed by atoms with Gasteiger partial charge in [0, 0.05) is 18.9 Å². The summed E-state index contributed by atoms with van der Waals surface area (Å²) in [7, 11) is 0. The summed E-state index contributed by atoms with van der Waals surface area (Å²) in [6.45, 7) is 0.427. The number of hydrogen-bond acceptors (Lipinski definition) is 4. The Morgan fingerprint density at radius 3 is 2.25 bits per heavy atom. The molecule has 0 radical (unpaired) electrons. The van der Waals surface area contributed by atoms with E-state index in [1.165, 1.54) is 0 Å². The van der Waals surface area contributed by atoms with Gasteiger partial charge in [-0.1, -0.05) is 48.5 Å². The van der Waals surface area contributed by atoms with Crippen LogP contribution in [0.3, 0.4) is 0 Å². The molecule has 7 heteroatoms. The summed E-state index contributed by atoms with van der Waals surface area (Å²) in [5, 5.41) is 14.1. The van der Waals surface area contributed by atoms with E-state index in [0.29, 0.717) is 19.4 Å². The zero-order chi connectivity index (χ0) is 22.9. The van der Waals surface area contributed by atoms with Gasteiger partial charge in [-0.3, -0.25) is 9.59 Å². The minimum atomic E-state index is -1.23. The van der Waals surface area contributed by atoms with E-state index in [2.05, 4.69) is 16.6 Å². The number of rotatable bonds is 10. The lowest BCUT2D eigenvalue weighted by atomic mass is 9.98. The number of terminal acetylenes is 1. The van der Waals surface area contributed by atoms with Gasteiger partial charge >= 0.3 is 12.1 Å². The van der Waals surface area contributed by atoms with Gasteiger partial charge < -0.3 is 20.5 Å². The first kappa shape index (κ1) is 22.9. The fraction of sp³-hybridized carbons (Fsp3) is 0.320. The summed E-state index contributed by atoms with van der Waals surface area (Å²) in [6.07, 6.45) is 5.84. The highest BCUT2D eigenvalue weighted by atomic mass is 16.5. The summed E-state index contributed by atoms with van der Waals surface area (Å²) in [5.41, 5.74) is 4.33. The van der Waals surface area contributed by atoms with Crippen molar-refractivity contribution < 1.29 is 24.2 Å². The van der Waals surface area contributed by atoms with E-state index in [4.69, 9.17) is 16.3 Å². The zero-order valence-corrected chi connectivity index (χ0v) is 17.7. The van der Waals surface area contributed by atoms with Crippen LogP contribution >= 0.6 is 0 Å². The van der Waals surface area contributed by atoms with Crippen LogP contribution in [0.1, 0.15) is 42.7 Å². The monoisotopic (exact) mass is 434 g/mol. The molecule has 3 rings (SSSR count). The maximum absolute atomic E-state index is 12.4. The summed E-state index contributed by atoms with van der Waals surface area (Å²) in [4.78, 5) is 35.9. The number of amides is 2. The van der Waals surface area contributed by atoms with Crippen molar-refractivity contribution in [1.29, 1.82) is 0 Å². The number of aliphatic carboxylic acids is 1. The average Bonchev–Trinajstić information content (AvgIpc) is 3.10. The Labute approximate surface area is 187 Å². The van der Waals surface area contributed by atoms with E-state index >= 15 is 0 Å². The summed E-state index contributed by atoms with van der Waals surface area (Å²) < 4.78 is 5.41. The Morgan fingerprint density at radius 2 is 1.66 bits per heavy atom. The van der Waals surface area contributed by atoms with Gasteiger partial charge in [0.05, 0.1) is 6.42 Å². The van der Waals surface area contributed by atoms with Crippen molar-refractivity contribution in [2.24, 2.45) is 0 Å². The second kappa shape index (κ2) is 11.0. The van der Waals surface area contributed by atoms with E-state index in [1.807, 2.05) is 48.5 Å². The van der Waals surface area contributed by atoms with Crippen molar-refractivity contribution in [2.75, 3.05) is 13.2 Å². The minimum absolute atomic E-state index is 0.0767.